The zero-order valence-electron chi connectivity index (χ0n) is 15.9. The number of esters is 1. The highest BCUT2D eigenvalue weighted by molar-refractivity contribution is 7.99. The van der Waals surface area contributed by atoms with Crippen LogP contribution in [-0.2, 0) is 15.7 Å². The normalized spacial score (nSPS) is 12.3. The number of carbonyl (C=O) groups excluding carboxylic acids is 1. The second-order valence-electron chi connectivity index (χ2n) is 6.09. The predicted molar refractivity (Wildman–Crippen MR) is 102 cm³/mol. The maximum absolute atomic E-state index is 12.5. The minimum Gasteiger partial charge on any atom is -0.491 e. The number of thioether (sulfide) groups is 1. The smallest absolute Gasteiger partial charge is 0.416 e. The number of alkyl halides is 3. The molecule has 0 amide bonds. The largest absolute Gasteiger partial charge is 0.491 e. The van der Waals surface area contributed by atoms with Crippen molar-refractivity contribution in [2.75, 3.05) is 26.1 Å². The van der Waals surface area contributed by atoms with Crippen molar-refractivity contribution < 1.29 is 37.3 Å². The molecule has 0 saturated carbocycles. The zero-order valence-corrected chi connectivity index (χ0v) is 16.7. The van der Waals surface area contributed by atoms with E-state index < -0.39 is 23.8 Å². The van der Waals surface area contributed by atoms with Gasteiger partial charge in [0.1, 0.15) is 18.1 Å². The van der Waals surface area contributed by atoms with Crippen molar-refractivity contribution in [3.8, 4) is 11.5 Å². The van der Waals surface area contributed by atoms with Crippen molar-refractivity contribution >= 4 is 17.7 Å². The monoisotopic (exact) mass is 430 g/mol. The molecule has 5 nitrogen and oxygen atoms in total. The van der Waals surface area contributed by atoms with Crippen molar-refractivity contribution in [2.45, 2.75) is 24.1 Å². The zero-order chi connectivity index (χ0) is 21.4. The van der Waals surface area contributed by atoms with Crippen LogP contribution in [0, 0.1) is 6.92 Å². The van der Waals surface area contributed by atoms with Crippen molar-refractivity contribution in [2.24, 2.45) is 0 Å². The highest BCUT2D eigenvalue weighted by Crippen LogP contribution is 2.30. The lowest BCUT2D eigenvalue weighted by atomic mass is 10.2. The summed E-state index contributed by atoms with van der Waals surface area (Å²) in [6.07, 6.45) is -5.20. The summed E-state index contributed by atoms with van der Waals surface area (Å²) in [7, 11) is 1.28. The summed E-state index contributed by atoms with van der Waals surface area (Å²) in [6.45, 7) is 1.61. The Hall–Kier alpha value is -2.39. The number of aliphatic hydroxyl groups is 1. The van der Waals surface area contributed by atoms with Crippen LogP contribution >= 0.6 is 11.8 Å². The van der Waals surface area contributed by atoms with E-state index in [1.807, 2.05) is 13.0 Å². The Labute approximate surface area is 170 Å². The molecule has 0 bridgehead atoms. The van der Waals surface area contributed by atoms with Gasteiger partial charge >= 0.3 is 12.1 Å². The van der Waals surface area contributed by atoms with Crippen LogP contribution in [0.25, 0.3) is 0 Å². The number of aliphatic hydroxyl groups excluding tert-OH is 1. The van der Waals surface area contributed by atoms with Gasteiger partial charge in [0.05, 0.1) is 18.8 Å². The lowest BCUT2D eigenvalue weighted by molar-refractivity contribution is -0.143. The van der Waals surface area contributed by atoms with Gasteiger partial charge in [0.15, 0.2) is 6.61 Å². The molecule has 0 aliphatic heterocycles. The number of methoxy groups -OCH3 is 1. The highest BCUT2D eigenvalue weighted by Gasteiger charge is 2.30. The molecule has 29 heavy (non-hydrogen) atoms. The Morgan fingerprint density at radius 2 is 1.83 bits per heavy atom. The molecule has 0 aliphatic carbocycles. The second kappa shape index (κ2) is 10.4. The number of rotatable bonds is 9. The Morgan fingerprint density at radius 1 is 1.14 bits per heavy atom. The van der Waals surface area contributed by atoms with Crippen LogP contribution in [0.4, 0.5) is 13.2 Å². The quantitative estimate of drug-likeness (QED) is 0.477. The maximum Gasteiger partial charge on any atom is 0.416 e. The Morgan fingerprint density at radius 3 is 2.41 bits per heavy atom. The first-order chi connectivity index (χ1) is 13.7. The average molecular weight is 430 g/mol. The fourth-order valence-corrected chi connectivity index (χ4v) is 3.15. The first-order valence-corrected chi connectivity index (χ1v) is 9.59. The first kappa shape index (κ1) is 22.9. The molecular formula is C20H21F3O5S. The van der Waals surface area contributed by atoms with Crippen molar-refractivity contribution in [3.05, 3.63) is 53.6 Å². The standard InChI is InChI=1S/C20H21F3O5S/c1-13-9-17(7-8-18(13)28-11-19(25)26-2)29-12-15(24)10-27-16-5-3-14(4-6-16)20(21,22)23/h3-9,15,24H,10-12H2,1-2H3/t15-/m1/s1. The summed E-state index contributed by atoms with van der Waals surface area (Å²) in [4.78, 5) is 12.0. The van der Waals surface area contributed by atoms with Crippen LogP contribution in [0.1, 0.15) is 11.1 Å². The first-order valence-electron chi connectivity index (χ1n) is 8.60. The fraction of sp³-hybridized carbons (Fsp3) is 0.350. The summed E-state index contributed by atoms with van der Waals surface area (Å²) >= 11 is 1.40. The Kier molecular flexibility index (Phi) is 8.21. The molecule has 0 heterocycles. The minimum atomic E-state index is -4.40. The molecule has 0 aromatic heterocycles. The van der Waals surface area contributed by atoms with E-state index in [9.17, 15) is 23.1 Å². The summed E-state index contributed by atoms with van der Waals surface area (Å²) < 4.78 is 52.8. The molecule has 0 saturated heterocycles. The van der Waals surface area contributed by atoms with Crippen molar-refractivity contribution in [1.82, 2.24) is 0 Å². The van der Waals surface area contributed by atoms with Crippen LogP contribution in [0.2, 0.25) is 0 Å². The molecule has 0 unspecified atom stereocenters. The third-order valence-electron chi connectivity index (χ3n) is 3.79. The molecule has 1 N–H and O–H groups in total. The third kappa shape index (κ3) is 7.51. The summed E-state index contributed by atoms with van der Waals surface area (Å²) in [5.74, 6) is 0.678. The lowest BCUT2D eigenvalue weighted by Gasteiger charge is -2.14. The van der Waals surface area contributed by atoms with Crippen LogP contribution < -0.4 is 9.47 Å². The average Bonchev–Trinajstić information content (AvgIpc) is 2.69. The number of carbonyl (C=O) groups is 1. The molecule has 0 spiro atoms. The minimum absolute atomic E-state index is 0.0440. The van der Waals surface area contributed by atoms with Gasteiger partial charge in [-0.05, 0) is 55.0 Å². The van der Waals surface area contributed by atoms with E-state index in [1.54, 1.807) is 12.1 Å². The van der Waals surface area contributed by atoms with E-state index in [4.69, 9.17) is 9.47 Å². The van der Waals surface area contributed by atoms with Gasteiger partial charge in [-0.1, -0.05) is 0 Å². The summed E-state index contributed by atoms with van der Waals surface area (Å²) in [5.41, 5.74) is 0.0738. The van der Waals surface area contributed by atoms with Gasteiger partial charge in [-0.2, -0.15) is 13.2 Å². The van der Waals surface area contributed by atoms with E-state index in [0.29, 0.717) is 11.5 Å². The van der Waals surface area contributed by atoms with Gasteiger partial charge in [0.25, 0.3) is 0 Å². The topological polar surface area (TPSA) is 65.0 Å². The van der Waals surface area contributed by atoms with Gasteiger partial charge in [0.2, 0.25) is 0 Å². The van der Waals surface area contributed by atoms with Crippen LogP contribution in [-0.4, -0.2) is 43.3 Å². The van der Waals surface area contributed by atoms with E-state index in [2.05, 4.69) is 4.74 Å². The fourth-order valence-electron chi connectivity index (χ4n) is 2.24. The second-order valence-corrected chi connectivity index (χ2v) is 7.18. The molecule has 0 fully saturated rings. The molecule has 2 aromatic rings. The van der Waals surface area contributed by atoms with Crippen molar-refractivity contribution in [3.63, 3.8) is 0 Å². The van der Waals surface area contributed by atoms with Crippen LogP contribution in [0.3, 0.4) is 0 Å². The van der Waals surface area contributed by atoms with E-state index in [-0.39, 0.29) is 19.0 Å². The molecular weight excluding hydrogens is 409 g/mol. The van der Waals surface area contributed by atoms with E-state index in [0.717, 1.165) is 22.6 Å². The van der Waals surface area contributed by atoms with Gasteiger partial charge in [-0.25, -0.2) is 4.79 Å². The molecule has 0 radical (unpaired) electrons. The van der Waals surface area contributed by atoms with Crippen LogP contribution in [0.15, 0.2) is 47.4 Å². The SMILES string of the molecule is COC(=O)COc1ccc(SC[C@H](O)COc2ccc(C(F)(F)F)cc2)cc1C. The summed E-state index contributed by atoms with van der Waals surface area (Å²) in [5, 5.41) is 10.1. The number of aryl methyl sites for hydroxylation is 1. The lowest BCUT2D eigenvalue weighted by Crippen LogP contribution is -2.20. The van der Waals surface area contributed by atoms with Gasteiger partial charge in [-0.15, -0.1) is 11.8 Å². The van der Waals surface area contributed by atoms with E-state index >= 15 is 0 Å². The molecule has 1 atom stereocenters. The van der Waals surface area contributed by atoms with Gasteiger partial charge in [-0.3, -0.25) is 0 Å². The molecule has 158 valence electrons. The number of hydrogen-bond donors (Lipinski definition) is 1. The molecule has 0 aliphatic rings. The number of ether oxygens (including phenoxy) is 3. The van der Waals surface area contributed by atoms with Crippen LogP contribution in [0.5, 0.6) is 11.5 Å². The maximum atomic E-state index is 12.5. The molecule has 2 rings (SSSR count). The molecule has 2 aromatic carbocycles. The predicted octanol–water partition coefficient (Wildman–Crippen LogP) is 4.10. The Balaban J connectivity index is 1.79. The number of halogens is 3. The third-order valence-corrected chi connectivity index (χ3v) is 4.92. The van der Waals surface area contributed by atoms with Gasteiger partial charge < -0.3 is 19.3 Å². The van der Waals surface area contributed by atoms with E-state index in [1.165, 1.54) is 31.0 Å². The highest BCUT2D eigenvalue weighted by atomic mass is 32.2. The van der Waals surface area contributed by atoms with Crippen molar-refractivity contribution in [1.29, 1.82) is 0 Å². The van der Waals surface area contributed by atoms with Gasteiger partial charge in [0, 0.05) is 10.6 Å². The number of benzene rings is 2. The summed E-state index contributed by atoms with van der Waals surface area (Å²) in [6, 6.07) is 9.70. The Bertz CT molecular complexity index is 809. The number of hydrogen-bond acceptors (Lipinski definition) is 6. The molecule has 9 heteroatoms.